The Balaban J connectivity index is 2.11. The molecule has 2 aromatic rings. The Labute approximate surface area is 134 Å². The molecule has 0 spiro atoms. The zero-order chi connectivity index (χ0) is 16.3. The van der Waals surface area contributed by atoms with Gasteiger partial charge in [0, 0.05) is 18.9 Å². The van der Waals surface area contributed by atoms with Crippen LogP contribution < -0.4 is 5.32 Å². The van der Waals surface area contributed by atoms with E-state index in [1.54, 1.807) is 32.3 Å². The van der Waals surface area contributed by atoms with E-state index in [2.05, 4.69) is 31.3 Å². The maximum atomic E-state index is 12.2. The first kappa shape index (κ1) is 16.1. The number of pyridine rings is 1. The van der Waals surface area contributed by atoms with Crippen molar-refractivity contribution in [1.29, 1.82) is 0 Å². The molecule has 2 rings (SSSR count). The third-order valence-corrected chi connectivity index (χ3v) is 4.10. The third kappa shape index (κ3) is 3.30. The number of carbonyl (C=O) groups excluding carboxylic acids is 1. The first-order valence-corrected chi connectivity index (χ1v) is 7.26. The van der Waals surface area contributed by atoms with Crippen molar-refractivity contribution in [3.63, 3.8) is 0 Å². The highest BCUT2D eigenvalue weighted by atomic mass is 79.9. The summed E-state index contributed by atoms with van der Waals surface area (Å²) in [5.74, 6) is -0.582. The van der Waals surface area contributed by atoms with Crippen LogP contribution in [0.3, 0.4) is 0 Å². The van der Waals surface area contributed by atoms with Gasteiger partial charge in [-0.15, -0.1) is 0 Å². The van der Waals surface area contributed by atoms with E-state index >= 15 is 0 Å². The van der Waals surface area contributed by atoms with Crippen molar-refractivity contribution in [3.05, 3.63) is 50.4 Å². The van der Waals surface area contributed by atoms with Crippen molar-refractivity contribution in [2.24, 2.45) is 0 Å². The summed E-state index contributed by atoms with van der Waals surface area (Å²) in [4.78, 5) is 26.4. The number of nitro groups is 1. The highest BCUT2D eigenvalue weighted by Gasteiger charge is 2.29. The van der Waals surface area contributed by atoms with Crippen LogP contribution in [0.15, 0.2) is 29.0 Å². The quantitative estimate of drug-likeness (QED) is 0.643. The van der Waals surface area contributed by atoms with Gasteiger partial charge in [0.2, 0.25) is 5.91 Å². The summed E-state index contributed by atoms with van der Waals surface area (Å²) in [6, 6.07) is 2.96. The number of amides is 1. The lowest BCUT2D eigenvalue weighted by atomic mass is 10.2. The molecule has 1 atom stereocenters. The monoisotopic (exact) mass is 367 g/mol. The van der Waals surface area contributed by atoms with E-state index in [4.69, 9.17) is 0 Å². The molecule has 0 aliphatic heterocycles. The molecule has 0 unspecified atom stereocenters. The van der Waals surface area contributed by atoms with Crippen LogP contribution in [0.25, 0.3) is 0 Å². The Kier molecular flexibility index (Phi) is 4.86. The summed E-state index contributed by atoms with van der Waals surface area (Å²) >= 11 is 3.13. The molecule has 0 aliphatic rings. The standard InChI is InChI=1S/C13H14BrN5O3/c1-8-11(14)12(19(21)22)17-18(8)9(2)13(20)16-7-10-4-3-5-15-6-10/h3-6,9H,7H2,1-2H3,(H,16,20)/t9-/m1/s1. The number of carbonyl (C=O) groups is 1. The number of hydrogen-bond acceptors (Lipinski definition) is 5. The van der Waals surface area contributed by atoms with Crippen molar-refractivity contribution in [2.45, 2.75) is 26.4 Å². The highest BCUT2D eigenvalue weighted by Crippen LogP contribution is 2.28. The number of halogens is 1. The van der Waals surface area contributed by atoms with Crippen LogP contribution in [0.2, 0.25) is 0 Å². The maximum Gasteiger partial charge on any atom is 0.404 e. The van der Waals surface area contributed by atoms with E-state index in [-0.39, 0.29) is 16.2 Å². The molecule has 8 nitrogen and oxygen atoms in total. The smallest absolute Gasteiger partial charge is 0.358 e. The van der Waals surface area contributed by atoms with Gasteiger partial charge >= 0.3 is 5.82 Å². The lowest BCUT2D eigenvalue weighted by Gasteiger charge is -2.11. The molecule has 0 aliphatic carbocycles. The minimum absolute atomic E-state index is 0.281. The van der Waals surface area contributed by atoms with Gasteiger partial charge in [-0.05, 0) is 46.3 Å². The van der Waals surface area contributed by atoms with Gasteiger partial charge in [-0.3, -0.25) is 9.78 Å². The molecule has 2 aromatic heterocycles. The second kappa shape index (κ2) is 6.65. The van der Waals surface area contributed by atoms with E-state index in [1.165, 1.54) is 4.68 Å². The minimum Gasteiger partial charge on any atom is -0.358 e. The van der Waals surface area contributed by atoms with Crippen molar-refractivity contribution in [3.8, 4) is 0 Å². The molecule has 22 heavy (non-hydrogen) atoms. The van der Waals surface area contributed by atoms with Crippen LogP contribution in [-0.4, -0.2) is 25.6 Å². The summed E-state index contributed by atoms with van der Waals surface area (Å²) in [7, 11) is 0. The van der Waals surface area contributed by atoms with Gasteiger partial charge in [0.05, 0.1) is 10.8 Å². The third-order valence-electron chi connectivity index (χ3n) is 3.17. The predicted octanol–water partition coefficient (Wildman–Crippen LogP) is 2.13. The molecule has 0 saturated heterocycles. The Morgan fingerprint density at radius 3 is 2.86 bits per heavy atom. The zero-order valence-electron chi connectivity index (χ0n) is 12.0. The van der Waals surface area contributed by atoms with Crippen LogP contribution in [0, 0.1) is 17.0 Å². The van der Waals surface area contributed by atoms with Gasteiger partial charge in [-0.1, -0.05) is 6.07 Å². The molecular weight excluding hydrogens is 354 g/mol. The van der Waals surface area contributed by atoms with Crippen LogP contribution in [0.1, 0.15) is 24.2 Å². The Morgan fingerprint density at radius 2 is 2.32 bits per heavy atom. The average Bonchev–Trinajstić information content (AvgIpc) is 2.81. The highest BCUT2D eigenvalue weighted by molar-refractivity contribution is 9.10. The van der Waals surface area contributed by atoms with Crippen LogP contribution in [-0.2, 0) is 11.3 Å². The molecule has 0 saturated carbocycles. The van der Waals surface area contributed by atoms with Gasteiger partial charge in [-0.25, -0.2) is 0 Å². The summed E-state index contributed by atoms with van der Waals surface area (Å²) < 4.78 is 1.62. The van der Waals surface area contributed by atoms with Crippen LogP contribution >= 0.6 is 15.9 Å². The molecular formula is C13H14BrN5O3. The topological polar surface area (TPSA) is 103 Å². The van der Waals surface area contributed by atoms with Gasteiger partial charge in [0.1, 0.15) is 10.5 Å². The first-order valence-electron chi connectivity index (χ1n) is 6.47. The van der Waals surface area contributed by atoms with E-state index < -0.39 is 11.0 Å². The molecule has 0 fully saturated rings. The zero-order valence-corrected chi connectivity index (χ0v) is 13.6. The molecule has 0 bridgehead atoms. The summed E-state index contributed by atoms with van der Waals surface area (Å²) in [5, 5.41) is 17.5. The molecule has 1 N–H and O–H groups in total. The fraction of sp³-hybridized carbons (Fsp3) is 0.308. The van der Waals surface area contributed by atoms with Gasteiger partial charge in [-0.2, -0.15) is 4.68 Å². The molecule has 1 amide bonds. The Hall–Kier alpha value is -2.29. The number of hydrogen-bond donors (Lipinski definition) is 1. The summed E-state index contributed by atoms with van der Waals surface area (Å²) in [6.45, 7) is 3.63. The summed E-state index contributed by atoms with van der Waals surface area (Å²) in [6.07, 6.45) is 3.31. The number of aromatic nitrogens is 3. The second-order valence-electron chi connectivity index (χ2n) is 4.68. The summed E-state index contributed by atoms with van der Waals surface area (Å²) in [5.41, 5.74) is 1.39. The van der Waals surface area contributed by atoms with Crippen LogP contribution in [0.5, 0.6) is 0 Å². The minimum atomic E-state index is -0.665. The fourth-order valence-corrected chi connectivity index (χ4v) is 2.33. The van der Waals surface area contributed by atoms with Crippen molar-refractivity contribution in [1.82, 2.24) is 20.1 Å². The van der Waals surface area contributed by atoms with Gasteiger partial charge in [0.15, 0.2) is 0 Å². The number of nitrogens with zero attached hydrogens (tertiary/aromatic N) is 4. The lowest BCUT2D eigenvalue weighted by Crippen LogP contribution is -2.31. The second-order valence-corrected chi connectivity index (χ2v) is 5.47. The lowest BCUT2D eigenvalue weighted by molar-refractivity contribution is -0.390. The normalized spacial score (nSPS) is 12.0. The van der Waals surface area contributed by atoms with Crippen molar-refractivity contribution in [2.75, 3.05) is 0 Å². The SMILES string of the molecule is Cc1c(Br)c([N+](=O)[O-])nn1[C@H](C)C(=O)NCc1cccnc1. The van der Waals surface area contributed by atoms with Gasteiger partial charge in [0.25, 0.3) is 0 Å². The van der Waals surface area contributed by atoms with E-state index in [0.29, 0.717) is 12.2 Å². The largest absolute Gasteiger partial charge is 0.404 e. The first-order chi connectivity index (χ1) is 10.4. The van der Waals surface area contributed by atoms with Crippen LogP contribution in [0.4, 0.5) is 5.82 Å². The number of rotatable bonds is 5. The van der Waals surface area contributed by atoms with E-state index in [0.717, 1.165) is 5.56 Å². The Bertz CT molecular complexity index is 701. The van der Waals surface area contributed by atoms with Crippen molar-refractivity contribution >= 4 is 27.7 Å². The Morgan fingerprint density at radius 1 is 1.59 bits per heavy atom. The molecule has 0 radical (unpaired) electrons. The van der Waals surface area contributed by atoms with Crippen molar-refractivity contribution < 1.29 is 9.72 Å². The molecule has 116 valence electrons. The maximum absolute atomic E-state index is 12.2. The average molecular weight is 368 g/mol. The van der Waals surface area contributed by atoms with Gasteiger partial charge < -0.3 is 15.4 Å². The predicted molar refractivity (Wildman–Crippen MR) is 82.1 cm³/mol. The number of nitrogens with one attached hydrogen (secondary N) is 1. The molecule has 0 aromatic carbocycles. The van der Waals surface area contributed by atoms with E-state index in [1.807, 2.05) is 6.07 Å². The van der Waals surface area contributed by atoms with E-state index in [9.17, 15) is 14.9 Å². The molecule has 9 heteroatoms. The fourth-order valence-electron chi connectivity index (χ4n) is 1.93. The molecule has 2 heterocycles.